The van der Waals surface area contributed by atoms with Crippen LogP contribution in [0.25, 0.3) is 16.7 Å². The topological polar surface area (TPSA) is 100.0 Å². The molecule has 37 heavy (non-hydrogen) atoms. The SMILES string of the molecule is COc1cc(NC(=O)Cc2cn(-c3ccc(N4CCOCC4)nn3)c3ccccc23)cc(OC)c1OC. The Morgan fingerprint density at radius 3 is 2.27 bits per heavy atom. The molecule has 192 valence electrons. The second-order valence-electron chi connectivity index (χ2n) is 8.53. The maximum absolute atomic E-state index is 13.1. The first-order valence-corrected chi connectivity index (χ1v) is 12.0. The van der Waals surface area contributed by atoms with Gasteiger partial charge in [-0.1, -0.05) is 18.2 Å². The van der Waals surface area contributed by atoms with Gasteiger partial charge in [0.25, 0.3) is 0 Å². The number of para-hydroxylation sites is 1. The number of amides is 1. The minimum absolute atomic E-state index is 0.170. The summed E-state index contributed by atoms with van der Waals surface area (Å²) >= 11 is 0. The number of nitrogens with zero attached hydrogens (tertiary/aromatic N) is 4. The molecule has 1 saturated heterocycles. The number of aromatic nitrogens is 3. The average Bonchev–Trinajstić information content (AvgIpc) is 3.31. The number of benzene rings is 2. The number of hydrogen-bond donors (Lipinski definition) is 1. The zero-order valence-electron chi connectivity index (χ0n) is 21.1. The number of methoxy groups -OCH3 is 3. The third kappa shape index (κ3) is 5.01. The van der Waals surface area contributed by atoms with E-state index in [0.717, 1.165) is 35.4 Å². The van der Waals surface area contributed by atoms with E-state index in [1.165, 1.54) is 21.3 Å². The summed E-state index contributed by atoms with van der Waals surface area (Å²) in [7, 11) is 4.61. The van der Waals surface area contributed by atoms with Crippen molar-refractivity contribution < 1.29 is 23.7 Å². The van der Waals surface area contributed by atoms with Gasteiger partial charge in [-0.2, -0.15) is 0 Å². The van der Waals surface area contributed by atoms with Gasteiger partial charge < -0.3 is 29.2 Å². The molecule has 0 atom stereocenters. The highest BCUT2D eigenvalue weighted by Crippen LogP contribution is 2.40. The minimum atomic E-state index is -0.175. The highest BCUT2D eigenvalue weighted by Gasteiger charge is 2.18. The van der Waals surface area contributed by atoms with Crippen molar-refractivity contribution in [2.45, 2.75) is 6.42 Å². The molecule has 0 bridgehead atoms. The maximum atomic E-state index is 13.1. The fraction of sp³-hybridized carbons (Fsp3) is 0.296. The quantitative estimate of drug-likeness (QED) is 0.390. The molecule has 1 amide bonds. The molecular formula is C27H29N5O5. The normalized spacial score (nSPS) is 13.4. The van der Waals surface area contributed by atoms with Crippen molar-refractivity contribution in [1.82, 2.24) is 14.8 Å². The number of anilines is 2. The van der Waals surface area contributed by atoms with Gasteiger partial charge in [0.05, 0.1) is 46.5 Å². The van der Waals surface area contributed by atoms with Crippen LogP contribution >= 0.6 is 0 Å². The van der Waals surface area contributed by atoms with Crippen molar-refractivity contribution in [3.8, 4) is 23.1 Å². The van der Waals surface area contributed by atoms with Gasteiger partial charge in [0.15, 0.2) is 23.1 Å². The molecule has 10 nitrogen and oxygen atoms in total. The fourth-order valence-corrected chi connectivity index (χ4v) is 4.52. The van der Waals surface area contributed by atoms with E-state index in [9.17, 15) is 4.79 Å². The van der Waals surface area contributed by atoms with Crippen LogP contribution in [0.15, 0.2) is 54.7 Å². The number of carbonyl (C=O) groups excluding carboxylic acids is 1. The number of hydrogen-bond acceptors (Lipinski definition) is 8. The molecule has 1 fully saturated rings. The Balaban J connectivity index is 1.39. The van der Waals surface area contributed by atoms with Crippen LogP contribution < -0.4 is 24.4 Å². The Labute approximate surface area is 214 Å². The predicted octanol–water partition coefficient (Wildman–Crippen LogP) is 3.46. The summed E-state index contributed by atoms with van der Waals surface area (Å²) in [4.78, 5) is 15.2. The second kappa shape index (κ2) is 10.8. The average molecular weight is 504 g/mol. The van der Waals surface area contributed by atoms with Gasteiger partial charge in [0.2, 0.25) is 11.7 Å². The van der Waals surface area contributed by atoms with Crippen molar-refractivity contribution in [2.24, 2.45) is 0 Å². The van der Waals surface area contributed by atoms with Crippen LogP contribution in [0.3, 0.4) is 0 Å². The summed E-state index contributed by atoms with van der Waals surface area (Å²) < 4.78 is 23.5. The van der Waals surface area contributed by atoms with Gasteiger partial charge in [-0.25, -0.2) is 0 Å². The van der Waals surface area contributed by atoms with Crippen LogP contribution in [-0.2, 0) is 16.0 Å². The molecule has 5 rings (SSSR count). The first-order valence-electron chi connectivity index (χ1n) is 12.0. The van der Waals surface area contributed by atoms with E-state index in [2.05, 4.69) is 20.4 Å². The summed E-state index contributed by atoms with van der Waals surface area (Å²) in [5.74, 6) is 2.73. The van der Waals surface area contributed by atoms with Crippen molar-refractivity contribution in [3.05, 3.63) is 60.3 Å². The van der Waals surface area contributed by atoms with Gasteiger partial charge in [0, 0.05) is 42.5 Å². The predicted molar refractivity (Wildman–Crippen MR) is 140 cm³/mol. The Morgan fingerprint density at radius 2 is 1.62 bits per heavy atom. The molecule has 10 heteroatoms. The molecule has 2 aromatic heterocycles. The smallest absolute Gasteiger partial charge is 0.228 e. The fourth-order valence-electron chi connectivity index (χ4n) is 4.52. The molecule has 1 aliphatic rings. The van der Waals surface area contributed by atoms with Crippen LogP contribution in [0.2, 0.25) is 0 Å². The molecule has 3 heterocycles. The lowest BCUT2D eigenvalue weighted by atomic mass is 10.1. The van der Waals surface area contributed by atoms with Crippen LogP contribution in [0.5, 0.6) is 17.2 Å². The van der Waals surface area contributed by atoms with E-state index < -0.39 is 0 Å². The summed E-state index contributed by atoms with van der Waals surface area (Å²) in [6.45, 7) is 2.97. The first kappa shape index (κ1) is 24.4. The van der Waals surface area contributed by atoms with E-state index in [4.69, 9.17) is 18.9 Å². The number of rotatable bonds is 8. The number of carbonyl (C=O) groups is 1. The Morgan fingerprint density at radius 1 is 0.946 bits per heavy atom. The van der Waals surface area contributed by atoms with Gasteiger partial charge in [-0.15, -0.1) is 10.2 Å². The molecule has 1 aliphatic heterocycles. The van der Waals surface area contributed by atoms with Crippen LogP contribution in [-0.4, -0.2) is 68.3 Å². The lowest BCUT2D eigenvalue weighted by Crippen LogP contribution is -2.36. The van der Waals surface area contributed by atoms with E-state index >= 15 is 0 Å². The monoisotopic (exact) mass is 503 g/mol. The zero-order chi connectivity index (χ0) is 25.8. The lowest BCUT2D eigenvalue weighted by molar-refractivity contribution is -0.115. The molecule has 0 aliphatic carbocycles. The molecule has 0 unspecified atom stereocenters. The van der Waals surface area contributed by atoms with E-state index in [1.807, 2.05) is 47.2 Å². The van der Waals surface area contributed by atoms with Gasteiger partial charge in [0.1, 0.15) is 0 Å². The lowest BCUT2D eigenvalue weighted by Gasteiger charge is -2.27. The third-order valence-electron chi connectivity index (χ3n) is 6.31. The van der Waals surface area contributed by atoms with E-state index in [0.29, 0.717) is 42.0 Å². The number of ether oxygens (including phenoxy) is 4. The molecule has 0 saturated carbocycles. The van der Waals surface area contributed by atoms with Crippen molar-refractivity contribution >= 4 is 28.3 Å². The van der Waals surface area contributed by atoms with Gasteiger partial charge >= 0.3 is 0 Å². The molecule has 4 aromatic rings. The van der Waals surface area contributed by atoms with Crippen LogP contribution in [0.4, 0.5) is 11.5 Å². The molecule has 0 radical (unpaired) electrons. The van der Waals surface area contributed by atoms with Crippen LogP contribution in [0.1, 0.15) is 5.56 Å². The van der Waals surface area contributed by atoms with E-state index in [-0.39, 0.29) is 12.3 Å². The first-order chi connectivity index (χ1) is 18.1. The number of morpholine rings is 1. The summed E-state index contributed by atoms with van der Waals surface area (Å²) in [6.07, 6.45) is 2.11. The Bertz CT molecular complexity index is 1370. The molecular weight excluding hydrogens is 474 g/mol. The Kier molecular flexibility index (Phi) is 7.09. The summed E-state index contributed by atoms with van der Waals surface area (Å²) in [5, 5.41) is 12.8. The number of nitrogens with one attached hydrogen (secondary N) is 1. The third-order valence-corrected chi connectivity index (χ3v) is 6.31. The van der Waals surface area contributed by atoms with Crippen LogP contribution in [0, 0.1) is 0 Å². The standard InChI is InChI=1S/C27H29N5O5/c1-34-22-15-19(16-23(35-2)27(22)36-3)28-26(33)14-18-17-32(21-7-5-4-6-20(18)21)25-9-8-24(29-30-25)31-10-12-37-13-11-31/h4-9,15-17H,10-14H2,1-3H3,(H,28,33). The summed E-state index contributed by atoms with van der Waals surface area (Å²) in [6, 6.07) is 15.3. The zero-order valence-corrected chi connectivity index (χ0v) is 21.1. The van der Waals surface area contributed by atoms with Crippen molar-refractivity contribution in [3.63, 3.8) is 0 Å². The van der Waals surface area contributed by atoms with Gasteiger partial charge in [-0.3, -0.25) is 9.36 Å². The highest BCUT2D eigenvalue weighted by molar-refractivity contribution is 5.96. The van der Waals surface area contributed by atoms with Crippen molar-refractivity contribution in [1.29, 1.82) is 0 Å². The highest BCUT2D eigenvalue weighted by atomic mass is 16.5. The summed E-state index contributed by atoms with van der Waals surface area (Å²) in [5.41, 5.74) is 2.37. The Hall–Kier alpha value is -4.31. The molecule has 0 spiro atoms. The molecule has 1 N–H and O–H groups in total. The van der Waals surface area contributed by atoms with Gasteiger partial charge in [-0.05, 0) is 23.8 Å². The van der Waals surface area contributed by atoms with E-state index in [1.54, 1.807) is 12.1 Å². The maximum Gasteiger partial charge on any atom is 0.228 e. The van der Waals surface area contributed by atoms with Crippen molar-refractivity contribution in [2.75, 3.05) is 57.8 Å². The largest absolute Gasteiger partial charge is 0.493 e. The minimum Gasteiger partial charge on any atom is -0.493 e. The molecule has 2 aromatic carbocycles. The number of fused-ring (bicyclic) bond motifs is 1. The second-order valence-corrected chi connectivity index (χ2v) is 8.53.